The van der Waals surface area contributed by atoms with Crippen LogP contribution < -0.4 is 0 Å². The van der Waals surface area contributed by atoms with Crippen LogP contribution in [-0.4, -0.2) is 44.4 Å². The van der Waals surface area contributed by atoms with E-state index in [1.165, 1.54) is 28.4 Å². The van der Waals surface area contributed by atoms with Gasteiger partial charge in [0, 0.05) is 28.4 Å². The Bertz CT molecular complexity index is 72.9. The minimum atomic E-state index is -2.04. The van der Waals surface area contributed by atoms with Crippen LogP contribution in [0.15, 0.2) is 0 Å². The van der Waals surface area contributed by atoms with Crippen LogP contribution in [0.5, 0.6) is 0 Å². The number of hydrogen-bond acceptors (Lipinski definition) is 5. The van der Waals surface area contributed by atoms with Gasteiger partial charge in [-0.25, -0.2) is 0 Å². The van der Waals surface area contributed by atoms with Gasteiger partial charge in [-0.2, -0.15) is 0 Å². The van der Waals surface area contributed by atoms with Crippen LogP contribution >= 0.6 is 0 Å². The largest absolute Gasteiger partial charge is 0.487 e. The van der Waals surface area contributed by atoms with Gasteiger partial charge in [-0.15, -0.1) is 0 Å². The normalized spacial score (nSPS) is 11.5. The summed E-state index contributed by atoms with van der Waals surface area (Å²) in [7, 11) is 3.95. The van der Waals surface area contributed by atoms with Crippen LogP contribution in [-0.2, 0) is 22.8 Å². The fraction of sp³-hybridized carbons (Fsp3) is 1.00. The Labute approximate surface area is 68.1 Å². The third-order valence-corrected chi connectivity index (χ3v) is 2.21. The summed E-state index contributed by atoms with van der Waals surface area (Å²) in [5.41, 5.74) is 0. The second-order valence-electron chi connectivity index (χ2n) is 1.66. The smallest absolute Gasteiger partial charge is 0.379 e. The van der Waals surface area contributed by atoms with Crippen LogP contribution in [0.3, 0.4) is 0 Å². The molecule has 0 heterocycles. The van der Waals surface area contributed by atoms with Crippen molar-refractivity contribution in [3.05, 3.63) is 0 Å². The van der Waals surface area contributed by atoms with Crippen molar-refractivity contribution >= 4 is 9.53 Å². The van der Waals surface area contributed by atoms with E-state index < -0.39 is 16.0 Å². The minimum Gasteiger partial charge on any atom is -0.379 e. The third kappa shape index (κ3) is 4.46. The summed E-state index contributed by atoms with van der Waals surface area (Å²) in [6.07, 6.45) is 0. The highest BCUT2D eigenvalue weighted by Gasteiger charge is 2.17. The summed E-state index contributed by atoms with van der Waals surface area (Å²) >= 11 is 0. The summed E-state index contributed by atoms with van der Waals surface area (Å²) in [4.78, 5) is 0. The summed E-state index contributed by atoms with van der Waals surface area (Å²) in [5.74, 6) is 0. The summed E-state index contributed by atoms with van der Waals surface area (Å²) in [6.45, 7) is -0.702. The molecule has 6 heteroatoms. The van der Waals surface area contributed by atoms with Crippen LogP contribution in [0.2, 0.25) is 0 Å². The molecule has 0 saturated carbocycles. The topological polar surface area (TPSA) is 46.2 Å². The van der Waals surface area contributed by atoms with Crippen molar-refractivity contribution in [3.63, 3.8) is 0 Å². The van der Waals surface area contributed by atoms with Crippen LogP contribution in [0.4, 0.5) is 0 Å². The van der Waals surface area contributed by atoms with Gasteiger partial charge in [0.05, 0.1) is 0 Å². The van der Waals surface area contributed by atoms with E-state index in [0.29, 0.717) is 0 Å². The van der Waals surface area contributed by atoms with E-state index in [1.54, 1.807) is 0 Å². The van der Waals surface area contributed by atoms with Gasteiger partial charge in [0.2, 0.25) is 0 Å². The van der Waals surface area contributed by atoms with Crippen molar-refractivity contribution in [3.8, 4) is 0 Å². The third-order valence-electron chi connectivity index (χ3n) is 0.992. The lowest BCUT2D eigenvalue weighted by atomic mass is 11.2. The number of rotatable bonds is 6. The molecule has 0 aliphatic rings. The van der Waals surface area contributed by atoms with Gasteiger partial charge >= 0.3 is 9.53 Å². The minimum absolute atomic E-state index is 0.702. The zero-order valence-electron chi connectivity index (χ0n) is 7.20. The highest BCUT2D eigenvalue weighted by atomic mass is 28.3. The molecule has 0 N–H and O–H groups in total. The van der Waals surface area contributed by atoms with Crippen LogP contribution in [0.1, 0.15) is 0 Å². The van der Waals surface area contributed by atoms with Crippen LogP contribution in [0, 0.1) is 0 Å². The molecule has 0 spiro atoms. The molecule has 0 aliphatic carbocycles. The van der Waals surface area contributed by atoms with Crippen molar-refractivity contribution in [2.75, 3.05) is 28.4 Å². The highest BCUT2D eigenvalue weighted by molar-refractivity contribution is 6.36. The average Bonchev–Trinajstić information content (AvgIpc) is 2.07. The first kappa shape index (κ1) is 11.0. The van der Waals surface area contributed by atoms with Gasteiger partial charge in [0.25, 0.3) is 6.48 Å². The first-order chi connectivity index (χ1) is 5.28. The van der Waals surface area contributed by atoms with Crippen LogP contribution in [0.25, 0.3) is 0 Å². The molecule has 5 nitrogen and oxygen atoms in total. The maximum absolute atomic E-state index is 5.10. The second-order valence-corrected chi connectivity index (χ2v) is 3.45. The van der Waals surface area contributed by atoms with E-state index in [4.69, 9.17) is 22.8 Å². The Kier molecular flexibility index (Phi) is 6.72. The molecule has 0 bridgehead atoms. The molecule has 0 aliphatic heterocycles. The SMILES string of the molecule is COC(OC)O[SiH](OC)OC. The van der Waals surface area contributed by atoms with Crippen molar-refractivity contribution in [1.82, 2.24) is 0 Å². The predicted octanol–water partition coefficient (Wildman–Crippen LogP) is -0.411. The first-order valence-electron chi connectivity index (χ1n) is 3.05. The molecule has 0 atom stereocenters. The average molecular weight is 182 g/mol. The quantitative estimate of drug-likeness (QED) is 0.413. The lowest BCUT2D eigenvalue weighted by Gasteiger charge is -2.17. The monoisotopic (exact) mass is 182 g/mol. The fourth-order valence-electron chi connectivity index (χ4n) is 0.505. The lowest BCUT2D eigenvalue weighted by molar-refractivity contribution is -0.234. The molecule has 0 rings (SSSR count). The maximum Gasteiger partial charge on any atom is 0.487 e. The van der Waals surface area contributed by atoms with E-state index in [2.05, 4.69) is 0 Å². The van der Waals surface area contributed by atoms with Crippen molar-refractivity contribution in [2.24, 2.45) is 0 Å². The van der Waals surface area contributed by atoms with E-state index in [9.17, 15) is 0 Å². The summed E-state index contributed by atoms with van der Waals surface area (Å²) < 4.78 is 24.4. The summed E-state index contributed by atoms with van der Waals surface area (Å²) in [5, 5.41) is 0. The van der Waals surface area contributed by atoms with Gasteiger partial charge in [0.1, 0.15) is 0 Å². The Hall–Kier alpha value is 0.0169. The van der Waals surface area contributed by atoms with Gasteiger partial charge in [-0.1, -0.05) is 0 Å². The number of methoxy groups -OCH3 is 2. The lowest BCUT2D eigenvalue weighted by Crippen LogP contribution is -2.32. The molecule has 0 aromatic rings. The van der Waals surface area contributed by atoms with Crippen molar-refractivity contribution in [2.45, 2.75) is 6.48 Å². The van der Waals surface area contributed by atoms with E-state index >= 15 is 0 Å². The molecule has 0 fully saturated rings. The van der Waals surface area contributed by atoms with Gasteiger partial charge in [-0.3, -0.25) is 0 Å². The molecule has 0 aromatic carbocycles. The maximum atomic E-state index is 5.10. The Morgan fingerprint density at radius 1 is 0.909 bits per heavy atom. The van der Waals surface area contributed by atoms with Gasteiger partial charge in [0.15, 0.2) is 0 Å². The van der Waals surface area contributed by atoms with Crippen molar-refractivity contribution in [1.29, 1.82) is 0 Å². The molecule has 0 saturated heterocycles. The molecule has 0 unspecified atom stereocenters. The van der Waals surface area contributed by atoms with Crippen molar-refractivity contribution < 1.29 is 22.8 Å². The molecular formula is C5H14O5Si. The van der Waals surface area contributed by atoms with E-state index in [-0.39, 0.29) is 0 Å². The highest BCUT2D eigenvalue weighted by Crippen LogP contribution is 1.97. The Morgan fingerprint density at radius 3 is 1.64 bits per heavy atom. The molecule has 11 heavy (non-hydrogen) atoms. The van der Waals surface area contributed by atoms with Gasteiger partial charge in [-0.05, 0) is 0 Å². The molecular weight excluding hydrogens is 168 g/mol. The predicted molar refractivity (Wildman–Crippen MR) is 40.1 cm³/mol. The first-order valence-corrected chi connectivity index (χ1v) is 4.46. The standard InChI is InChI=1S/C5H14O5Si/c1-6-5(7-2)10-11(8-3)9-4/h5,11H,1-4H3. The van der Waals surface area contributed by atoms with E-state index in [0.717, 1.165) is 0 Å². The summed E-state index contributed by atoms with van der Waals surface area (Å²) in [6, 6.07) is 0. The molecule has 0 radical (unpaired) electrons. The zero-order chi connectivity index (χ0) is 8.69. The number of hydrogen-bond donors (Lipinski definition) is 0. The Balaban J connectivity index is 3.58. The molecule has 68 valence electrons. The van der Waals surface area contributed by atoms with E-state index in [1.807, 2.05) is 0 Å². The number of ether oxygens (including phenoxy) is 2. The Morgan fingerprint density at radius 2 is 1.36 bits per heavy atom. The van der Waals surface area contributed by atoms with Gasteiger partial charge < -0.3 is 22.8 Å². The molecule has 0 aromatic heterocycles. The second kappa shape index (κ2) is 6.71. The fourth-order valence-corrected chi connectivity index (χ4v) is 1.32. The zero-order valence-corrected chi connectivity index (χ0v) is 8.35. The molecule has 0 amide bonds.